The highest BCUT2D eigenvalue weighted by Crippen LogP contribution is 2.26. The Kier molecular flexibility index (Phi) is 2.71. The normalized spacial score (nSPS) is 14.9. The lowest BCUT2D eigenvalue weighted by molar-refractivity contribution is -0.313. The van der Waals surface area contributed by atoms with Crippen LogP contribution in [0.2, 0.25) is 0 Å². The van der Waals surface area contributed by atoms with E-state index < -0.39 is 11.4 Å². The molecule has 1 aromatic rings. The van der Waals surface area contributed by atoms with Gasteiger partial charge in [0.15, 0.2) is 0 Å². The zero-order chi connectivity index (χ0) is 9.90. The molecule has 0 unspecified atom stereocenters. The zero-order valence-corrected chi connectivity index (χ0v) is 7.91. The van der Waals surface area contributed by atoms with E-state index in [4.69, 9.17) is 0 Å². The molecular formula is C11H13O2-. The molecule has 1 aromatic carbocycles. The summed E-state index contributed by atoms with van der Waals surface area (Å²) in [6, 6.07) is 9.19. The second kappa shape index (κ2) is 3.60. The van der Waals surface area contributed by atoms with Crippen LogP contribution < -0.4 is 5.11 Å². The Balaban J connectivity index is 3.11. The van der Waals surface area contributed by atoms with Gasteiger partial charge in [-0.3, -0.25) is 0 Å². The van der Waals surface area contributed by atoms with Crippen LogP contribution in [-0.2, 0) is 10.2 Å². The molecule has 1 rings (SSSR count). The highest BCUT2D eigenvalue weighted by Gasteiger charge is 2.25. The molecule has 0 aliphatic rings. The van der Waals surface area contributed by atoms with E-state index in [1.54, 1.807) is 6.92 Å². The van der Waals surface area contributed by atoms with Crippen molar-refractivity contribution in [1.29, 1.82) is 0 Å². The predicted octanol–water partition coefficient (Wildman–Crippen LogP) is 1.10. The summed E-state index contributed by atoms with van der Waals surface area (Å²) in [4.78, 5) is 10.9. The van der Waals surface area contributed by atoms with Crippen molar-refractivity contribution in [2.75, 3.05) is 0 Å². The first-order valence-electron chi connectivity index (χ1n) is 4.38. The van der Waals surface area contributed by atoms with Crippen molar-refractivity contribution in [3.8, 4) is 0 Å². The fourth-order valence-electron chi connectivity index (χ4n) is 1.27. The van der Waals surface area contributed by atoms with Crippen molar-refractivity contribution in [3.63, 3.8) is 0 Å². The Morgan fingerprint density at radius 1 is 1.38 bits per heavy atom. The quantitative estimate of drug-likeness (QED) is 0.693. The Morgan fingerprint density at radius 2 is 1.92 bits per heavy atom. The number of benzene rings is 1. The van der Waals surface area contributed by atoms with Crippen LogP contribution in [0.3, 0.4) is 0 Å². The van der Waals surface area contributed by atoms with E-state index in [1.165, 1.54) is 0 Å². The van der Waals surface area contributed by atoms with E-state index in [2.05, 4.69) is 0 Å². The van der Waals surface area contributed by atoms with Crippen LogP contribution in [0, 0.1) is 0 Å². The highest BCUT2D eigenvalue weighted by atomic mass is 16.4. The number of carboxylic acid groups (broad SMARTS) is 1. The van der Waals surface area contributed by atoms with E-state index in [9.17, 15) is 9.90 Å². The number of carbonyl (C=O) groups is 1. The van der Waals surface area contributed by atoms with Gasteiger partial charge in [-0.15, -0.1) is 0 Å². The third-order valence-corrected chi connectivity index (χ3v) is 2.57. The summed E-state index contributed by atoms with van der Waals surface area (Å²) in [6.07, 6.45) is 0.541. The largest absolute Gasteiger partial charge is 0.549 e. The van der Waals surface area contributed by atoms with Crippen molar-refractivity contribution in [3.05, 3.63) is 35.9 Å². The Labute approximate surface area is 78.2 Å². The van der Waals surface area contributed by atoms with E-state index in [-0.39, 0.29) is 0 Å². The molecule has 0 aromatic heterocycles. The maximum Gasteiger partial charge on any atom is 0.0517 e. The predicted molar refractivity (Wildman–Crippen MR) is 49.1 cm³/mol. The second-order valence-electron chi connectivity index (χ2n) is 3.34. The maximum absolute atomic E-state index is 10.9. The highest BCUT2D eigenvalue weighted by molar-refractivity contribution is 5.78. The third kappa shape index (κ3) is 1.72. The lowest BCUT2D eigenvalue weighted by Gasteiger charge is -2.29. The SMILES string of the molecule is CC[C@](C)(C(=O)[O-])c1ccccc1. The molecule has 0 amide bonds. The Bertz CT molecular complexity index is 292. The molecule has 0 saturated carbocycles. The number of hydrogen-bond acceptors (Lipinski definition) is 2. The van der Waals surface area contributed by atoms with Gasteiger partial charge in [-0.05, 0) is 12.0 Å². The van der Waals surface area contributed by atoms with Crippen molar-refractivity contribution >= 4 is 5.97 Å². The molecule has 0 aliphatic carbocycles. The first-order chi connectivity index (χ1) is 6.11. The van der Waals surface area contributed by atoms with Gasteiger partial charge in [0.25, 0.3) is 0 Å². The molecule has 0 aliphatic heterocycles. The Hall–Kier alpha value is -1.31. The number of rotatable bonds is 3. The first kappa shape index (κ1) is 9.78. The molecule has 1 atom stereocenters. The Morgan fingerprint density at radius 3 is 2.31 bits per heavy atom. The molecule has 2 heteroatoms. The smallest absolute Gasteiger partial charge is 0.0517 e. The van der Waals surface area contributed by atoms with Gasteiger partial charge in [0.05, 0.1) is 5.97 Å². The second-order valence-corrected chi connectivity index (χ2v) is 3.34. The number of carbonyl (C=O) groups excluding carboxylic acids is 1. The summed E-state index contributed by atoms with van der Waals surface area (Å²) in [7, 11) is 0. The maximum atomic E-state index is 10.9. The van der Waals surface area contributed by atoms with Gasteiger partial charge in [-0.1, -0.05) is 44.2 Å². The van der Waals surface area contributed by atoms with Gasteiger partial charge in [0, 0.05) is 5.41 Å². The minimum atomic E-state index is -1.01. The molecule has 0 N–H and O–H groups in total. The van der Waals surface area contributed by atoms with Crippen molar-refractivity contribution in [2.24, 2.45) is 0 Å². The summed E-state index contributed by atoms with van der Waals surface area (Å²) < 4.78 is 0. The van der Waals surface area contributed by atoms with Gasteiger partial charge in [-0.2, -0.15) is 0 Å². The summed E-state index contributed by atoms with van der Waals surface area (Å²) in [5.74, 6) is -1.01. The fourth-order valence-corrected chi connectivity index (χ4v) is 1.27. The van der Waals surface area contributed by atoms with E-state index in [1.807, 2.05) is 37.3 Å². The van der Waals surface area contributed by atoms with Crippen molar-refractivity contribution in [2.45, 2.75) is 25.7 Å². The summed E-state index contributed by atoms with van der Waals surface area (Å²) in [5.41, 5.74) is -0.0566. The lowest BCUT2D eigenvalue weighted by atomic mass is 9.80. The van der Waals surface area contributed by atoms with Crippen LogP contribution >= 0.6 is 0 Å². The van der Waals surface area contributed by atoms with Gasteiger partial charge in [0.1, 0.15) is 0 Å². The van der Waals surface area contributed by atoms with Crippen LogP contribution in [0.1, 0.15) is 25.8 Å². The molecule has 0 fully saturated rings. The van der Waals surface area contributed by atoms with Gasteiger partial charge in [-0.25, -0.2) is 0 Å². The van der Waals surface area contributed by atoms with Gasteiger partial charge < -0.3 is 9.90 Å². The summed E-state index contributed by atoms with van der Waals surface area (Å²) in [5, 5.41) is 10.9. The lowest BCUT2D eigenvalue weighted by Crippen LogP contribution is -2.43. The van der Waals surface area contributed by atoms with Crippen LogP contribution in [0.4, 0.5) is 0 Å². The van der Waals surface area contributed by atoms with Crippen LogP contribution in [0.15, 0.2) is 30.3 Å². The molecule has 0 heterocycles. The van der Waals surface area contributed by atoms with E-state index in [0.29, 0.717) is 6.42 Å². The fraction of sp³-hybridized carbons (Fsp3) is 0.364. The molecule has 13 heavy (non-hydrogen) atoms. The molecule has 70 valence electrons. The minimum absolute atomic E-state index is 0.541. The topological polar surface area (TPSA) is 40.1 Å². The first-order valence-corrected chi connectivity index (χ1v) is 4.38. The van der Waals surface area contributed by atoms with Crippen molar-refractivity contribution in [1.82, 2.24) is 0 Å². The zero-order valence-electron chi connectivity index (χ0n) is 7.91. The minimum Gasteiger partial charge on any atom is -0.549 e. The van der Waals surface area contributed by atoms with Gasteiger partial charge in [0.2, 0.25) is 0 Å². The number of aliphatic carboxylic acids is 1. The summed E-state index contributed by atoms with van der Waals surface area (Å²) >= 11 is 0. The van der Waals surface area contributed by atoms with Gasteiger partial charge >= 0.3 is 0 Å². The molecule has 2 nitrogen and oxygen atoms in total. The average Bonchev–Trinajstić information content (AvgIpc) is 2.17. The number of carboxylic acids is 1. The molecule has 0 bridgehead atoms. The van der Waals surface area contributed by atoms with Crippen molar-refractivity contribution < 1.29 is 9.90 Å². The third-order valence-electron chi connectivity index (χ3n) is 2.57. The monoisotopic (exact) mass is 177 g/mol. The van der Waals surface area contributed by atoms with Crippen LogP contribution in [-0.4, -0.2) is 5.97 Å². The van der Waals surface area contributed by atoms with E-state index in [0.717, 1.165) is 5.56 Å². The molecule has 0 saturated heterocycles. The van der Waals surface area contributed by atoms with Crippen LogP contribution in [0.25, 0.3) is 0 Å². The van der Waals surface area contributed by atoms with Crippen LogP contribution in [0.5, 0.6) is 0 Å². The average molecular weight is 177 g/mol. The number of hydrogen-bond donors (Lipinski definition) is 0. The van der Waals surface area contributed by atoms with E-state index >= 15 is 0 Å². The molecule has 0 spiro atoms. The summed E-state index contributed by atoms with van der Waals surface area (Å²) in [6.45, 7) is 3.54. The molecular weight excluding hydrogens is 164 g/mol. The standard InChI is InChI=1S/C11H14O2/c1-3-11(2,10(12)13)9-7-5-4-6-8-9/h4-8H,3H2,1-2H3,(H,12,13)/p-1/t11-/m0/s1. The molecule has 0 radical (unpaired) electrons.